The molecule has 1 aromatic rings. The number of aliphatic hydroxyl groups is 1. The molecule has 0 aliphatic heterocycles. The van der Waals surface area contributed by atoms with Gasteiger partial charge in [0.1, 0.15) is 10.7 Å². The zero-order valence-corrected chi connectivity index (χ0v) is 13.5. The average molecular weight is 318 g/mol. The third kappa shape index (κ3) is 5.35. The molecule has 7 heteroatoms. The molecule has 5 nitrogen and oxygen atoms in total. The standard InChI is InChI=1S/C14H23FN2O3S/c1-11(2)17(3)8-4-7-16-21(19,20)14-9-12(10-18)5-6-13(14)15/h5-6,9,11,16,18H,4,7-8,10H2,1-3H3. The van der Waals surface area contributed by atoms with Crippen molar-refractivity contribution < 1.29 is 17.9 Å². The second kappa shape index (κ2) is 7.84. The fraction of sp³-hybridized carbons (Fsp3) is 0.571. The Hall–Kier alpha value is -1.02. The summed E-state index contributed by atoms with van der Waals surface area (Å²) in [4.78, 5) is 1.67. The highest BCUT2D eigenvalue weighted by Crippen LogP contribution is 2.16. The van der Waals surface area contributed by atoms with Crippen LogP contribution in [0.1, 0.15) is 25.8 Å². The largest absolute Gasteiger partial charge is 0.392 e. The predicted molar refractivity (Wildman–Crippen MR) is 79.9 cm³/mol. The molecule has 0 spiro atoms. The third-order valence-corrected chi connectivity index (χ3v) is 4.80. The molecule has 0 radical (unpaired) electrons. The molecule has 0 heterocycles. The van der Waals surface area contributed by atoms with E-state index in [0.717, 1.165) is 18.7 Å². The molecule has 0 fully saturated rings. The van der Waals surface area contributed by atoms with E-state index in [4.69, 9.17) is 5.11 Å². The van der Waals surface area contributed by atoms with Crippen molar-refractivity contribution >= 4 is 10.0 Å². The number of rotatable bonds is 8. The van der Waals surface area contributed by atoms with Gasteiger partial charge in [-0.25, -0.2) is 17.5 Å². The van der Waals surface area contributed by atoms with Gasteiger partial charge in [-0.3, -0.25) is 0 Å². The van der Waals surface area contributed by atoms with Gasteiger partial charge in [-0.05, 0) is 51.6 Å². The number of nitrogens with one attached hydrogen (secondary N) is 1. The molecule has 120 valence electrons. The van der Waals surface area contributed by atoms with Crippen LogP contribution in [0.25, 0.3) is 0 Å². The first-order chi connectivity index (χ1) is 9.77. The van der Waals surface area contributed by atoms with Gasteiger partial charge in [0.25, 0.3) is 0 Å². The Labute approximate surface area is 125 Å². The van der Waals surface area contributed by atoms with Crippen molar-refractivity contribution in [1.29, 1.82) is 0 Å². The van der Waals surface area contributed by atoms with Gasteiger partial charge < -0.3 is 10.0 Å². The van der Waals surface area contributed by atoms with E-state index >= 15 is 0 Å². The fourth-order valence-corrected chi connectivity index (χ4v) is 2.92. The summed E-state index contributed by atoms with van der Waals surface area (Å²) in [7, 11) is -1.93. The van der Waals surface area contributed by atoms with E-state index in [1.807, 2.05) is 7.05 Å². The first-order valence-electron chi connectivity index (χ1n) is 6.87. The van der Waals surface area contributed by atoms with Crippen LogP contribution >= 0.6 is 0 Å². The van der Waals surface area contributed by atoms with E-state index in [1.165, 1.54) is 6.07 Å². The molecule has 0 aliphatic carbocycles. The Bertz CT molecular complexity index is 561. The van der Waals surface area contributed by atoms with Gasteiger partial charge in [-0.1, -0.05) is 6.07 Å². The van der Waals surface area contributed by atoms with Crippen molar-refractivity contribution in [3.63, 3.8) is 0 Å². The van der Waals surface area contributed by atoms with E-state index in [0.29, 0.717) is 18.0 Å². The van der Waals surface area contributed by atoms with Crippen molar-refractivity contribution in [2.45, 2.75) is 37.8 Å². The van der Waals surface area contributed by atoms with Gasteiger partial charge in [0, 0.05) is 12.6 Å². The molecule has 1 rings (SSSR count). The number of hydrogen-bond donors (Lipinski definition) is 2. The first kappa shape index (κ1) is 18.0. The van der Waals surface area contributed by atoms with Gasteiger partial charge in [0.15, 0.2) is 0 Å². The van der Waals surface area contributed by atoms with E-state index in [1.54, 1.807) is 0 Å². The minimum Gasteiger partial charge on any atom is -0.392 e. The number of benzene rings is 1. The molecule has 0 atom stereocenters. The molecular weight excluding hydrogens is 295 g/mol. The van der Waals surface area contributed by atoms with Crippen LogP contribution in [0.5, 0.6) is 0 Å². The summed E-state index contributed by atoms with van der Waals surface area (Å²) in [5.41, 5.74) is 0.358. The third-order valence-electron chi connectivity index (χ3n) is 3.33. The van der Waals surface area contributed by atoms with Gasteiger partial charge in [-0.2, -0.15) is 0 Å². The van der Waals surface area contributed by atoms with E-state index in [9.17, 15) is 12.8 Å². The second-order valence-corrected chi connectivity index (χ2v) is 6.98. The second-order valence-electron chi connectivity index (χ2n) is 5.25. The number of halogens is 1. The normalized spacial score (nSPS) is 12.3. The molecule has 2 N–H and O–H groups in total. The van der Waals surface area contributed by atoms with E-state index < -0.39 is 20.7 Å². The topological polar surface area (TPSA) is 69.6 Å². The predicted octanol–water partition coefficient (Wildman–Crippen LogP) is 1.33. The van der Waals surface area contributed by atoms with Crippen LogP contribution in [0.4, 0.5) is 4.39 Å². The van der Waals surface area contributed by atoms with Crippen LogP contribution in [0, 0.1) is 5.82 Å². The molecule has 0 bridgehead atoms. The summed E-state index contributed by atoms with van der Waals surface area (Å²) in [6.45, 7) is 4.77. The lowest BCUT2D eigenvalue weighted by Crippen LogP contribution is -2.31. The Kier molecular flexibility index (Phi) is 6.73. The smallest absolute Gasteiger partial charge is 0.243 e. The van der Waals surface area contributed by atoms with Gasteiger partial charge in [0.05, 0.1) is 6.61 Å². The van der Waals surface area contributed by atoms with Gasteiger partial charge in [0.2, 0.25) is 10.0 Å². The van der Waals surface area contributed by atoms with Crippen LogP contribution in [-0.2, 0) is 16.6 Å². The molecule has 0 amide bonds. The quantitative estimate of drug-likeness (QED) is 0.710. The monoisotopic (exact) mass is 318 g/mol. The van der Waals surface area contributed by atoms with Crippen molar-refractivity contribution in [3.05, 3.63) is 29.6 Å². The summed E-state index contributed by atoms with van der Waals surface area (Å²) >= 11 is 0. The minimum atomic E-state index is -3.90. The lowest BCUT2D eigenvalue weighted by atomic mass is 10.2. The maximum Gasteiger partial charge on any atom is 0.243 e. The SMILES string of the molecule is CC(C)N(C)CCCNS(=O)(=O)c1cc(CO)ccc1F. The Morgan fingerprint density at radius 3 is 2.62 bits per heavy atom. The van der Waals surface area contributed by atoms with Crippen molar-refractivity contribution in [3.8, 4) is 0 Å². The maximum absolute atomic E-state index is 13.6. The summed E-state index contributed by atoms with van der Waals surface area (Å²) in [6, 6.07) is 3.94. The Morgan fingerprint density at radius 2 is 2.05 bits per heavy atom. The summed E-state index contributed by atoms with van der Waals surface area (Å²) in [5, 5.41) is 9.00. The van der Waals surface area contributed by atoms with Crippen LogP contribution in [0.2, 0.25) is 0 Å². The number of nitrogens with zero attached hydrogens (tertiary/aromatic N) is 1. The highest BCUT2D eigenvalue weighted by atomic mass is 32.2. The van der Waals surface area contributed by atoms with Crippen molar-refractivity contribution in [2.75, 3.05) is 20.1 Å². The molecule has 0 aliphatic rings. The van der Waals surface area contributed by atoms with Gasteiger partial charge >= 0.3 is 0 Å². The van der Waals surface area contributed by atoms with Crippen LogP contribution in [-0.4, -0.2) is 44.6 Å². The molecule has 0 saturated carbocycles. The highest BCUT2D eigenvalue weighted by Gasteiger charge is 2.19. The number of sulfonamides is 1. The van der Waals surface area contributed by atoms with Crippen molar-refractivity contribution in [1.82, 2.24) is 9.62 Å². The maximum atomic E-state index is 13.6. The zero-order valence-electron chi connectivity index (χ0n) is 12.6. The zero-order chi connectivity index (χ0) is 16.0. The van der Waals surface area contributed by atoms with Crippen LogP contribution < -0.4 is 4.72 Å². The molecule has 1 aromatic carbocycles. The van der Waals surface area contributed by atoms with E-state index in [2.05, 4.69) is 23.5 Å². The molecule has 0 unspecified atom stereocenters. The minimum absolute atomic E-state index is 0.238. The molecule has 0 saturated heterocycles. The van der Waals surface area contributed by atoms with Gasteiger partial charge in [-0.15, -0.1) is 0 Å². The molecular formula is C14H23FN2O3S. The Morgan fingerprint density at radius 1 is 1.38 bits per heavy atom. The lowest BCUT2D eigenvalue weighted by molar-refractivity contribution is 0.271. The summed E-state index contributed by atoms with van der Waals surface area (Å²) in [6.07, 6.45) is 0.634. The van der Waals surface area contributed by atoms with Crippen molar-refractivity contribution in [2.24, 2.45) is 0 Å². The van der Waals surface area contributed by atoms with E-state index in [-0.39, 0.29) is 13.2 Å². The summed E-state index contributed by atoms with van der Waals surface area (Å²) in [5.74, 6) is -0.820. The van der Waals surface area contributed by atoms with Crippen LogP contribution in [0.15, 0.2) is 23.1 Å². The molecule has 0 aromatic heterocycles. The fourth-order valence-electron chi connectivity index (χ4n) is 1.72. The average Bonchev–Trinajstić information content (AvgIpc) is 2.43. The van der Waals surface area contributed by atoms with Crippen LogP contribution in [0.3, 0.4) is 0 Å². The lowest BCUT2D eigenvalue weighted by Gasteiger charge is -2.20. The summed E-state index contributed by atoms with van der Waals surface area (Å²) < 4.78 is 40.1. The first-order valence-corrected chi connectivity index (χ1v) is 8.35. The Balaban J connectivity index is 2.66. The highest BCUT2D eigenvalue weighted by molar-refractivity contribution is 7.89. The number of aliphatic hydroxyl groups excluding tert-OH is 1. The molecule has 21 heavy (non-hydrogen) atoms. The number of hydrogen-bond acceptors (Lipinski definition) is 4.